The van der Waals surface area contributed by atoms with Gasteiger partial charge in [0.15, 0.2) is 0 Å². The first-order chi connectivity index (χ1) is 15.0. The molecule has 3 amide bonds. The fourth-order valence-corrected chi connectivity index (χ4v) is 3.29. The van der Waals surface area contributed by atoms with Crippen molar-refractivity contribution in [2.45, 2.75) is 52.2 Å². The molecule has 0 atom stereocenters. The second kappa shape index (κ2) is 9.02. The van der Waals surface area contributed by atoms with Gasteiger partial charge < -0.3 is 14.8 Å². The molecule has 1 fully saturated rings. The van der Waals surface area contributed by atoms with Crippen molar-refractivity contribution >= 4 is 17.9 Å². The molecule has 0 unspecified atom stereocenters. The minimum absolute atomic E-state index is 0.0137. The normalized spacial score (nSPS) is 15.5. The Labute approximate surface area is 188 Å². The van der Waals surface area contributed by atoms with Crippen LogP contribution in [0.15, 0.2) is 48.5 Å². The van der Waals surface area contributed by atoms with Crippen molar-refractivity contribution < 1.29 is 23.9 Å². The summed E-state index contributed by atoms with van der Waals surface area (Å²) in [5.74, 6) is -0.0670. The average Bonchev–Trinajstić information content (AvgIpc) is 2.93. The molecule has 0 spiro atoms. The maximum atomic E-state index is 12.3. The van der Waals surface area contributed by atoms with Gasteiger partial charge in [-0.2, -0.15) is 0 Å². The third-order valence-electron chi connectivity index (χ3n) is 5.31. The lowest BCUT2D eigenvalue weighted by Gasteiger charge is -2.19. The molecule has 170 valence electrons. The Balaban J connectivity index is 1.47. The van der Waals surface area contributed by atoms with Gasteiger partial charge in [0.1, 0.15) is 24.5 Å². The Bertz CT molecular complexity index is 988. The highest BCUT2D eigenvalue weighted by Gasteiger charge is 2.43. The summed E-state index contributed by atoms with van der Waals surface area (Å²) in [5.41, 5.74) is 1.71. The summed E-state index contributed by atoms with van der Waals surface area (Å²) in [4.78, 5) is 37.3. The topological polar surface area (TPSA) is 84.9 Å². The Kier molecular flexibility index (Phi) is 6.57. The summed E-state index contributed by atoms with van der Waals surface area (Å²) in [6.07, 6.45) is 0. The predicted octanol–water partition coefficient (Wildman–Crippen LogP) is 4.05. The molecule has 0 saturated carbocycles. The number of hydrogen-bond acceptors (Lipinski definition) is 5. The van der Waals surface area contributed by atoms with Crippen molar-refractivity contribution in [3.05, 3.63) is 65.2 Å². The molecule has 2 aromatic carbocycles. The molecule has 32 heavy (non-hydrogen) atoms. The summed E-state index contributed by atoms with van der Waals surface area (Å²) >= 11 is 0. The molecule has 2 aromatic rings. The number of benzene rings is 2. The number of carbonyl (C=O) groups is 3. The first-order valence-corrected chi connectivity index (χ1v) is 10.6. The summed E-state index contributed by atoms with van der Waals surface area (Å²) < 4.78 is 11.0. The van der Waals surface area contributed by atoms with E-state index in [0.29, 0.717) is 12.2 Å². The highest BCUT2D eigenvalue weighted by atomic mass is 16.5. The molecule has 1 aliphatic heterocycles. The number of hydrogen-bond donors (Lipinski definition) is 1. The van der Waals surface area contributed by atoms with Crippen LogP contribution in [0, 0.1) is 0 Å². The molecule has 1 saturated heterocycles. The van der Waals surface area contributed by atoms with Crippen LogP contribution in [0.1, 0.15) is 56.1 Å². The highest BCUT2D eigenvalue weighted by molar-refractivity contribution is 6.06. The number of ether oxygens (including phenoxy) is 2. The Morgan fingerprint density at radius 2 is 1.62 bits per heavy atom. The lowest BCUT2D eigenvalue weighted by Crippen LogP contribution is -2.40. The van der Waals surface area contributed by atoms with E-state index in [1.54, 1.807) is 38.1 Å². The van der Waals surface area contributed by atoms with Crippen LogP contribution < -0.4 is 10.1 Å². The van der Waals surface area contributed by atoms with Crippen LogP contribution in [-0.2, 0) is 21.6 Å². The zero-order chi connectivity index (χ0) is 23.5. The molecule has 0 aromatic heterocycles. The number of nitrogens with one attached hydrogen (secondary N) is 1. The number of nitrogens with zero attached hydrogens (tertiary/aromatic N) is 1. The monoisotopic (exact) mass is 438 g/mol. The average molecular weight is 439 g/mol. The van der Waals surface area contributed by atoms with Gasteiger partial charge in [0, 0.05) is 0 Å². The molecule has 0 aliphatic carbocycles. The van der Waals surface area contributed by atoms with Crippen LogP contribution >= 0.6 is 0 Å². The summed E-state index contributed by atoms with van der Waals surface area (Å²) in [5, 5.41) is 2.59. The van der Waals surface area contributed by atoms with Crippen molar-refractivity contribution in [2.24, 2.45) is 0 Å². The van der Waals surface area contributed by atoms with E-state index in [9.17, 15) is 14.4 Å². The van der Waals surface area contributed by atoms with E-state index in [1.165, 1.54) is 5.56 Å². The van der Waals surface area contributed by atoms with Gasteiger partial charge in [0.2, 0.25) is 0 Å². The predicted molar refractivity (Wildman–Crippen MR) is 121 cm³/mol. The summed E-state index contributed by atoms with van der Waals surface area (Å²) in [6, 6.07) is 14.5. The van der Waals surface area contributed by atoms with Crippen LogP contribution in [0.2, 0.25) is 0 Å². The lowest BCUT2D eigenvalue weighted by molar-refractivity contribution is -0.130. The maximum absolute atomic E-state index is 12.3. The Hall–Kier alpha value is -3.35. The minimum Gasteiger partial charge on any atom is -0.489 e. The summed E-state index contributed by atoms with van der Waals surface area (Å²) in [7, 11) is 0. The summed E-state index contributed by atoms with van der Waals surface area (Å²) in [6.45, 7) is 10.1. The molecular formula is C25H30N2O5. The lowest BCUT2D eigenvalue weighted by atomic mass is 9.87. The fraction of sp³-hybridized carbons (Fsp3) is 0.400. The zero-order valence-electron chi connectivity index (χ0n) is 19.2. The number of imide groups is 1. The third kappa shape index (κ3) is 5.46. The van der Waals surface area contributed by atoms with Gasteiger partial charge in [0.25, 0.3) is 5.91 Å². The van der Waals surface area contributed by atoms with E-state index >= 15 is 0 Å². The van der Waals surface area contributed by atoms with Gasteiger partial charge in [-0.05, 0) is 54.7 Å². The van der Waals surface area contributed by atoms with Crippen LogP contribution in [-0.4, -0.2) is 41.5 Å². The van der Waals surface area contributed by atoms with Gasteiger partial charge in [-0.25, -0.2) is 9.59 Å². The van der Waals surface area contributed by atoms with Crippen molar-refractivity contribution in [1.29, 1.82) is 0 Å². The van der Waals surface area contributed by atoms with Crippen LogP contribution in [0.4, 0.5) is 4.79 Å². The van der Waals surface area contributed by atoms with Crippen LogP contribution in [0.3, 0.4) is 0 Å². The van der Waals surface area contributed by atoms with E-state index in [1.807, 2.05) is 12.1 Å². The number of esters is 1. The molecule has 0 radical (unpaired) electrons. The van der Waals surface area contributed by atoms with E-state index in [2.05, 4.69) is 38.2 Å². The fourth-order valence-electron chi connectivity index (χ4n) is 3.29. The Morgan fingerprint density at radius 1 is 1.00 bits per heavy atom. The second-order valence-electron chi connectivity index (χ2n) is 9.41. The molecule has 7 nitrogen and oxygen atoms in total. The maximum Gasteiger partial charge on any atom is 0.338 e. The quantitative estimate of drug-likeness (QED) is 0.521. The first kappa shape index (κ1) is 23.3. The number of rotatable bonds is 7. The number of urea groups is 1. The van der Waals surface area contributed by atoms with Gasteiger partial charge in [-0.15, -0.1) is 0 Å². The molecule has 1 heterocycles. The van der Waals surface area contributed by atoms with Crippen molar-refractivity contribution in [3.8, 4) is 5.75 Å². The van der Waals surface area contributed by atoms with Gasteiger partial charge >= 0.3 is 12.0 Å². The van der Waals surface area contributed by atoms with Crippen molar-refractivity contribution in [3.63, 3.8) is 0 Å². The van der Waals surface area contributed by atoms with Crippen LogP contribution in [0.25, 0.3) is 0 Å². The van der Waals surface area contributed by atoms with Gasteiger partial charge in [-0.1, -0.05) is 45.0 Å². The standard InChI is InChI=1S/C25H30N2O5/c1-24(2,3)19-10-12-20(13-11-19)32-16-17-6-8-18(9-7-17)21(28)31-15-14-27-22(29)25(4,5)26-23(27)30/h6-13H,14-16H2,1-5H3,(H,26,30). The largest absolute Gasteiger partial charge is 0.489 e. The molecule has 1 N–H and O–H groups in total. The van der Waals surface area contributed by atoms with Gasteiger partial charge in [-0.3, -0.25) is 9.69 Å². The van der Waals surface area contributed by atoms with Crippen molar-refractivity contribution in [2.75, 3.05) is 13.2 Å². The third-order valence-corrected chi connectivity index (χ3v) is 5.31. The van der Waals surface area contributed by atoms with Gasteiger partial charge in [0.05, 0.1) is 12.1 Å². The van der Waals surface area contributed by atoms with Crippen LogP contribution in [0.5, 0.6) is 5.75 Å². The number of carbonyl (C=O) groups excluding carboxylic acids is 3. The number of amides is 3. The molecule has 1 aliphatic rings. The SMILES string of the molecule is CC1(C)NC(=O)N(CCOC(=O)c2ccc(COc3ccc(C(C)(C)C)cc3)cc2)C1=O. The first-order valence-electron chi connectivity index (χ1n) is 10.6. The minimum atomic E-state index is -0.937. The second-order valence-corrected chi connectivity index (χ2v) is 9.41. The van der Waals surface area contributed by atoms with E-state index in [-0.39, 0.29) is 24.5 Å². The zero-order valence-corrected chi connectivity index (χ0v) is 19.2. The molecule has 3 rings (SSSR count). The van der Waals surface area contributed by atoms with Crippen molar-refractivity contribution in [1.82, 2.24) is 10.2 Å². The molecule has 0 bridgehead atoms. The molecule has 7 heteroatoms. The Morgan fingerprint density at radius 3 is 2.16 bits per heavy atom. The van der Waals surface area contributed by atoms with E-state index in [4.69, 9.17) is 9.47 Å². The smallest absolute Gasteiger partial charge is 0.338 e. The molecular weight excluding hydrogens is 408 g/mol. The van der Waals surface area contributed by atoms with E-state index in [0.717, 1.165) is 16.2 Å². The highest BCUT2D eigenvalue weighted by Crippen LogP contribution is 2.24. The van der Waals surface area contributed by atoms with E-state index < -0.39 is 17.5 Å².